The molecule has 18 heavy (non-hydrogen) atoms. The molecule has 1 aromatic rings. The Bertz CT molecular complexity index is 353. The van der Waals surface area contributed by atoms with Gasteiger partial charge in [0.2, 0.25) is 0 Å². The molecule has 0 spiro atoms. The molecule has 1 N–H and O–H groups in total. The first kappa shape index (κ1) is 14.7. The van der Waals surface area contributed by atoms with Crippen LogP contribution in [0.5, 0.6) is 0 Å². The van der Waals surface area contributed by atoms with Crippen molar-refractivity contribution in [3.63, 3.8) is 0 Å². The number of hydrogen-bond donors (Lipinski definition) is 1. The molecule has 0 radical (unpaired) electrons. The van der Waals surface area contributed by atoms with E-state index in [9.17, 15) is 0 Å². The Balaban J connectivity index is 2.26. The Labute approximate surface area is 111 Å². The second-order valence-corrected chi connectivity index (χ2v) is 4.90. The number of nitriles is 1. The van der Waals surface area contributed by atoms with Gasteiger partial charge in [-0.25, -0.2) is 0 Å². The van der Waals surface area contributed by atoms with Gasteiger partial charge in [-0.05, 0) is 44.7 Å². The Morgan fingerprint density at radius 3 is 2.61 bits per heavy atom. The number of rotatable bonds is 8. The Kier molecular flexibility index (Phi) is 7.13. The van der Waals surface area contributed by atoms with Crippen LogP contribution < -0.4 is 5.32 Å². The summed E-state index contributed by atoms with van der Waals surface area (Å²) in [4.78, 5) is 0. The topological polar surface area (TPSA) is 35.8 Å². The van der Waals surface area contributed by atoms with Gasteiger partial charge < -0.3 is 5.32 Å². The maximum atomic E-state index is 9.16. The number of nitrogens with zero attached hydrogens (tertiary/aromatic N) is 1. The van der Waals surface area contributed by atoms with Crippen molar-refractivity contribution < 1.29 is 0 Å². The Hall–Kier alpha value is -1.33. The largest absolute Gasteiger partial charge is 0.314 e. The second-order valence-electron chi connectivity index (χ2n) is 4.90. The van der Waals surface area contributed by atoms with E-state index in [4.69, 9.17) is 5.26 Å². The molecule has 0 heterocycles. The molecule has 0 aliphatic carbocycles. The monoisotopic (exact) mass is 244 g/mol. The van der Waals surface area contributed by atoms with Crippen molar-refractivity contribution in [2.45, 2.75) is 45.6 Å². The second kappa shape index (κ2) is 8.72. The average Bonchev–Trinajstić information content (AvgIpc) is 2.39. The lowest BCUT2D eigenvalue weighted by Gasteiger charge is -2.16. The fourth-order valence-corrected chi connectivity index (χ4v) is 2.29. The minimum absolute atomic E-state index is 0.183. The highest BCUT2D eigenvalue weighted by Crippen LogP contribution is 2.15. The third kappa shape index (κ3) is 5.84. The van der Waals surface area contributed by atoms with Crippen LogP contribution in [-0.4, -0.2) is 12.6 Å². The van der Waals surface area contributed by atoms with Gasteiger partial charge in [-0.3, -0.25) is 0 Å². The first-order valence-corrected chi connectivity index (χ1v) is 6.93. The predicted octanol–water partition coefficient (Wildman–Crippen LogP) is 3.54. The van der Waals surface area contributed by atoms with Crippen LogP contribution in [0.4, 0.5) is 0 Å². The first-order valence-electron chi connectivity index (χ1n) is 6.93. The summed E-state index contributed by atoms with van der Waals surface area (Å²) in [6, 6.07) is 13.4. The van der Waals surface area contributed by atoms with E-state index in [1.165, 1.54) is 5.56 Å². The van der Waals surface area contributed by atoms with Crippen LogP contribution in [0.15, 0.2) is 30.3 Å². The maximum Gasteiger partial charge on any atom is 0.0656 e. The zero-order valence-electron chi connectivity index (χ0n) is 11.5. The van der Waals surface area contributed by atoms with Crippen molar-refractivity contribution in [2.24, 2.45) is 5.92 Å². The molecule has 0 aromatic heterocycles. The van der Waals surface area contributed by atoms with Crippen molar-refractivity contribution in [1.29, 1.82) is 5.26 Å². The van der Waals surface area contributed by atoms with Gasteiger partial charge in [0, 0.05) is 12.0 Å². The van der Waals surface area contributed by atoms with Crippen LogP contribution in [0.2, 0.25) is 0 Å². The normalized spacial score (nSPS) is 13.8. The molecule has 2 heteroatoms. The fourth-order valence-electron chi connectivity index (χ4n) is 2.29. The maximum absolute atomic E-state index is 9.16. The minimum Gasteiger partial charge on any atom is -0.314 e. The van der Waals surface area contributed by atoms with E-state index >= 15 is 0 Å². The highest BCUT2D eigenvalue weighted by Gasteiger charge is 2.11. The van der Waals surface area contributed by atoms with Crippen LogP contribution in [0.25, 0.3) is 0 Å². The highest BCUT2D eigenvalue weighted by atomic mass is 14.9. The quantitative estimate of drug-likeness (QED) is 0.759. The number of aryl methyl sites for hydroxylation is 1. The smallest absolute Gasteiger partial charge is 0.0656 e. The number of nitrogens with one attached hydrogen (secondary N) is 1. The standard InChI is InChI=1S/C16H24N2/c1-3-18-14(2)12-16(13-17)11-7-10-15-8-5-4-6-9-15/h4-6,8-9,14,16,18H,3,7,10-12H2,1-2H3. The van der Waals surface area contributed by atoms with Gasteiger partial charge in [0.25, 0.3) is 0 Å². The summed E-state index contributed by atoms with van der Waals surface area (Å²) in [6.45, 7) is 5.24. The number of benzene rings is 1. The molecule has 0 bridgehead atoms. The van der Waals surface area contributed by atoms with Gasteiger partial charge in [0.1, 0.15) is 0 Å². The molecule has 0 amide bonds. The molecule has 0 saturated heterocycles. The van der Waals surface area contributed by atoms with Gasteiger partial charge in [-0.2, -0.15) is 5.26 Å². The molecule has 2 unspecified atom stereocenters. The lowest BCUT2D eigenvalue weighted by Crippen LogP contribution is -2.27. The summed E-state index contributed by atoms with van der Waals surface area (Å²) in [5.41, 5.74) is 1.37. The molecule has 0 aliphatic rings. The Morgan fingerprint density at radius 1 is 1.28 bits per heavy atom. The van der Waals surface area contributed by atoms with Crippen LogP contribution in [0.3, 0.4) is 0 Å². The molecule has 0 saturated carbocycles. The summed E-state index contributed by atoms with van der Waals surface area (Å²) >= 11 is 0. The van der Waals surface area contributed by atoms with Crippen LogP contribution in [0, 0.1) is 17.2 Å². The lowest BCUT2D eigenvalue weighted by atomic mass is 9.95. The highest BCUT2D eigenvalue weighted by molar-refractivity contribution is 5.14. The summed E-state index contributed by atoms with van der Waals surface area (Å²) in [7, 11) is 0. The van der Waals surface area contributed by atoms with Crippen LogP contribution >= 0.6 is 0 Å². The van der Waals surface area contributed by atoms with E-state index in [0.29, 0.717) is 6.04 Å². The molecule has 1 aromatic carbocycles. The Morgan fingerprint density at radius 2 is 2.00 bits per heavy atom. The summed E-state index contributed by atoms with van der Waals surface area (Å²) in [6.07, 6.45) is 4.13. The van der Waals surface area contributed by atoms with Crippen molar-refractivity contribution in [3.8, 4) is 6.07 Å². The summed E-state index contributed by atoms with van der Waals surface area (Å²) in [5.74, 6) is 0.183. The predicted molar refractivity (Wildman–Crippen MR) is 76.2 cm³/mol. The SMILES string of the molecule is CCNC(C)CC(C#N)CCCc1ccccc1. The fraction of sp³-hybridized carbons (Fsp3) is 0.562. The molecule has 2 nitrogen and oxygen atoms in total. The van der Waals surface area contributed by atoms with Gasteiger partial charge in [0.05, 0.1) is 6.07 Å². The minimum atomic E-state index is 0.183. The average molecular weight is 244 g/mol. The van der Waals surface area contributed by atoms with Gasteiger partial charge >= 0.3 is 0 Å². The van der Waals surface area contributed by atoms with Gasteiger partial charge in [0.15, 0.2) is 0 Å². The molecule has 98 valence electrons. The van der Waals surface area contributed by atoms with E-state index in [1.54, 1.807) is 0 Å². The lowest BCUT2D eigenvalue weighted by molar-refractivity contribution is 0.437. The van der Waals surface area contributed by atoms with Crippen molar-refractivity contribution >= 4 is 0 Å². The molecule has 1 rings (SSSR count). The number of hydrogen-bond acceptors (Lipinski definition) is 2. The van der Waals surface area contributed by atoms with E-state index in [2.05, 4.69) is 49.5 Å². The van der Waals surface area contributed by atoms with Crippen LogP contribution in [-0.2, 0) is 6.42 Å². The van der Waals surface area contributed by atoms with Crippen molar-refractivity contribution in [1.82, 2.24) is 5.32 Å². The molecular formula is C16H24N2. The molecular weight excluding hydrogens is 220 g/mol. The molecule has 2 atom stereocenters. The summed E-state index contributed by atoms with van der Waals surface area (Å²) in [5, 5.41) is 12.5. The van der Waals surface area contributed by atoms with E-state index in [1.807, 2.05) is 6.07 Å². The van der Waals surface area contributed by atoms with E-state index < -0.39 is 0 Å². The third-order valence-corrected chi connectivity index (χ3v) is 3.23. The van der Waals surface area contributed by atoms with Gasteiger partial charge in [-0.1, -0.05) is 37.3 Å². The molecule has 0 fully saturated rings. The van der Waals surface area contributed by atoms with E-state index in [0.717, 1.165) is 32.2 Å². The first-order chi connectivity index (χ1) is 8.76. The van der Waals surface area contributed by atoms with Gasteiger partial charge in [-0.15, -0.1) is 0 Å². The molecule has 0 aliphatic heterocycles. The zero-order valence-corrected chi connectivity index (χ0v) is 11.5. The summed E-state index contributed by atoms with van der Waals surface area (Å²) < 4.78 is 0. The zero-order chi connectivity index (χ0) is 13.2. The van der Waals surface area contributed by atoms with E-state index in [-0.39, 0.29) is 5.92 Å². The third-order valence-electron chi connectivity index (χ3n) is 3.23. The van der Waals surface area contributed by atoms with Crippen LogP contribution in [0.1, 0.15) is 38.7 Å². The van der Waals surface area contributed by atoms with Crippen molar-refractivity contribution in [3.05, 3.63) is 35.9 Å². The van der Waals surface area contributed by atoms with Crippen molar-refractivity contribution in [2.75, 3.05) is 6.54 Å².